The van der Waals surface area contributed by atoms with Gasteiger partial charge < -0.3 is 14.8 Å². The van der Waals surface area contributed by atoms with E-state index in [1.54, 1.807) is 14.2 Å². The molecule has 0 bridgehead atoms. The summed E-state index contributed by atoms with van der Waals surface area (Å²) in [5, 5.41) is 3.42. The van der Waals surface area contributed by atoms with Crippen molar-refractivity contribution in [1.29, 1.82) is 0 Å². The summed E-state index contributed by atoms with van der Waals surface area (Å²) in [5.41, 5.74) is 2.65. The molecule has 4 nitrogen and oxygen atoms in total. The largest absolute Gasteiger partial charge is 0.493 e. The van der Waals surface area contributed by atoms with Crippen molar-refractivity contribution in [2.75, 3.05) is 19.5 Å². The van der Waals surface area contributed by atoms with Gasteiger partial charge in [0, 0.05) is 17.7 Å². The molecule has 1 aliphatic rings. The quantitative estimate of drug-likeness (QED) is 0.937. The van der Waals surface area contributed by atoms with Crippen molar-refractivity contribution in [2.45, 2.75) is 12.5 Å². The first-order valence-electron chi connectivity index (χ1n) is 6.83. The molecular formula is C17H17NO3. The highest BCUT2D eigenvalue weighted by Crippen LogP contribution is 2.36. The molecule has 0 fully saturated rings. The number of benzene rings is 2. The average molecular weight is 283 g/mol. The van der Waals surface area contributed by atoms with Crippen LogP contribution in [-0.4, -0.2) is 20.0 Å². The van der Waals surface area contributed by atoms with Gasteiger partial charge in [-0.2, -0.15) is 0 Å². The minimum absolute atomic E-state index is 0.0489. The van der Waals surface area contributed by atoms with Gasteiger partial charge in [0.25, 0.3) is 0 Å². The van der Waals surface area contributed by atoms with E-state index in [2.05, 4.69) is 5.32 Å². The fraction of sp³-hybridized carbons (Fsp3) is 0.235. The van der Waals surface area contributed by atoms with Gasteiger partial charge in [-0.15, -0.1) is 0 Å². The molecule has 2 aromatic carbocycles. The minimum Gasteiger partial charge on any atom is -0.493 e. The van der Waals surface area contributed by atoms with E-state index in [0.29, 0.717) is 17.9 Å². The van der Waals surface area contributed by atoms with Crippen LogP contribution < -0.4 is 14.8 Å². The summed E-state index contributed by atoms with van der Waals surface area (Å²) < 4.78 is 10.6. The number of carbonyl (C=O) groups excluding carboxylic acids is 1. The van der Waals surface area contributed by atoms with Gasteiger partial charge in [0.15, 0.2) is 17.3 Å². The Balaban J connectivity index is 1.94. The monoisotopic (exact) mass is 283 g/mol. The molecule has 0 spiro atoms. The highest BCUT2D eigenvalue weighted by Gasteiger charge is 2.25. The number of hydrogen-bond donors (Lipinski definition) is 1. The Morgan fingerprint density at radius 2 is 1.81 bits per heavy atom. The van der Waals surface area contributed by atoms with Crippen LogP contribution in [0.3, 0.4) is 0 Å². The Bertz CT molecular complexity index is 681. The predicted molar refractivity (Wildman–Crippen MR) is 81.3 cm³/mol. The van der Waals surface area contributed by atoms with Crippen LogP contribution in [0.5, 0.6) is 11.5 Å². The number of para-hydroxylation sites is 1. The number of anilines is 1. The SMILES string of the molecule is COc1ccc(C2CC(=O)c3ccccc3N2)cc1OC. The number of carbonyl (C=O) groups is 1. The van der Waals surface area contributed by atoms with Crippen LogP contribution in [0.2, 0.25) is 0 Å². The first-order chi connectivity index (χ1) is 10.2. The topological polar surface area (TPSA) is 47.6 Å². The number of ketones is 1. The summed E-state index contributed by atoms with van der Waals surface area (Å²) in [7, 11) is 3.21. The zero-order chi connectivity index (χ0) is 14.8. The van der Waals surface area contributed by atoms with Gasteiger partial charge in [0.1, 0.15) is 0 Å². The lowest BCUT2D eigenvalue weighted by molar-refractivity contribution is 0.0972. The van der Waals surface area contributed by atoms with E-state index in [1.807, 2.05) is 42.5 Å². The van der Waals surface area contributed by atoms with Gasteiger partial charge in [-0.05, 0) is 29.8 Å². The molecule has 2 aromatic rings. The third kappa shape index (κ3) is 2.44. The fourth-order valence-electron chi connectivity index (χ4n) is 2.66. The number of Topliss-reactive ketones (excluding diaryl/α,β-unsaturated/α-hetero) is 1. The summed E-state index contributed by atoms with van der Waals surface area (Å²) in [6.45, 7) is 0. The second kappa shape index (κ2) is 5.48. The lowest BCUT2D eigenvalue weighted by atomic mass is 9.92. The zero-order valence-electron chi connectivity index (χ0n) is 12.1. The van der Waals surface area contributed by atoms with Crippen LogP contribution in [0, 0.1) is 0 Å². The number of nitrogens with one attached hydrogen (secondary N) is 1. The van der Waals surface area contributed by atoms with E-state index in [0.717, 1.165) is 16.8 Å². The average Bonchev–Trinajstić information content (AvgIpc) is 2.54. The van der Waals surface area contributed by atoms with Gasteiger partial charge in [0.05, 0.1) is 20.3 Å². The molecule has 0 saturated carbocycles. The van der Waals surface area contributed by atoms with Crippen molar-refractivity contribution in [1.82, 2.24) is 0 Å². The van der Waals surface area contributed by atoms with Gasteiger partial charge in [-0.1, -0.05) is 18.2 Å². The van der Waals surface area contributed by atoms with Crippen molar-refractivity contribution < 1.29 is 14.3 Å². The van der Waals surface area contributed by atoms with Gasteiger partial charge in [-0.25, -0.2) is 0 Å². The number of rotatable bonds is 3. The molecular weight excluding hydrogens is 266 g/mol. The van der Waals surface area contributed by atoms with E-state index in [4.69, 9.17) is 9.47 Å². The number of hydrogen-bond acceptors (Lipinski definition) is 4. The van der Waals surface area contributed by atoms with Crippen LogP contribution in [0.25, 0.3) is 0 Å². The highest BCUT2D eigenvalue weighted by molar-refractivity contribution is 6.03. The van der Waals surface area contributed by atoms with Crippen molar-refractivity contribution in [3.63, 3.8) is 0 Å². The second-order valence-corrected chi connectivity index (χ2v) is 4.98. The van der Waals surface area contributed by atoms with Crippen LogP contribution in [0.4, 0.5) is 5.69 Å². The van der Waals surface area contributed by atoms with E-state index in [9.17, 15) is 4.79 Å². The maximum Gasteiger partial charge on any atom is 0.167 e. The highest BCUT2D eigenvalue weighted by atomic mass is 16.5. The molecule has 4 heteroatoms. The van der Waals surface area contributed by atoms with E-state index in [1.165, 1.54) is 0 Å². The first-order valence-corrected chi connectivity index (χ1v) is 6.83. The Morgan fingerprint density at radius 1 is 1.05 bits per heavy atom. The lowest BCUT2D eigenvalue weighted by Gasteiger charge is -2.26. The molecule has 108 valence electrons. The van der Waals surface area contributed by atoms with Gasteiger partial charge in [0.2, 0.25) is 0 Å². The normalized spacial score (nSPS) is 16.9. The molecule has 21 heavy (non-hydrogen) atoms. The van der Waals surface area contributed by atoms with E-state index < -0.39 is 0 Å². The summed E-state index contributed by atoms with van der Waals surface area (Å²) in [5.74, 6) is 1.51. The first kappa shape index (κ1) is 13.5. The summed E-state index contributed by atoms with van der Waals surface area (Å²) in [6.07, 6.45) is 0.437. The molecule has 0 aliphatic carbocycles. The number of fused-ring (bicyclic) bond motifs is 1. The van der Waals surface area contributed by atoms with Crippen LogP contribution in [0.1, 0.15) is 28.4 Å². The lowest BCUT2D eigenvalue weighted by Crippen LogP contribution is -2.22. The molecule has 3 rings (SSSR count). The summed E-state index contributed by atoms with van der Waals surface area (Å²) in [4.78, 5) is 12.3. The molecule has 1 heterocycles. The molecule has 0 amide bonds. The predicted octanol–water partition coefficient (Wildman–Crippen LogP) is 3.44. The maximum atomic E-state index is 12.3. The van der Waals surface area contributed by atoms with Crippen LogP contribution in [-0.2, 0) is 0 Å². The minimum atomic E-state index is -0.0489. The van der Waals surface area contributed by atoms with Gasteiger partial charge >= 0.3 is 0 Å². The third-order valence-electron chi connectivity index (χ3n) is 3.76. The molecule has 0 aromatic heterocycles. The Kier molecular flexibility index (Phi) is 3.52. The Labute approximate surface area is 123 Å². The molecule has 1 N–H and O–H groups in total. The molecule has 1 atom stereocenters. The van der Waals surface area contributed by atoms with Crippen LogP contribution >= 0.6 is 0 Å². The van der Waals surface area contributed by atoms with Gasteiger partial charge in [-0.3, -0.25) is 4.79 Å². The maximum absolute atomic E-state index is 12.3. The molecule has 0 saturated heterocycles. The van der Waals surface area contributed by atoms with Crippen molar-refractivity contribution in [3.8, 4) is 11.5 Å². The Morgan fingerprint density at radius 3 is 2.57 bits per heavy atom. The standard InChI is InChI=1S/C17H17NO3/c1-20-16-8-7-11(9-17(16)21-2)14-10-15(19)12-5-3-4-6-13(12)18-14/h3-9,14,18H,10H2,1-2H3. The summed E-state index contributed by atoms with van der Waals surface area (Å²) in [6, 6.07) is 13.3. The second-order valence-electron chi connectivity index (χ2n) is 4.98. The number of methoxy groups -OCH3 is 2. The smallest absolute Gasteiger partial charge is 0.167 e. The molecule has 0 radical (unpaired) electrons. The van der Waals surface area contributed by atoms with Crippen molar-refractivity contribution in [3.05, 3.63) is 53.6 Å². The van der Waals surface area contributed by atoms with Crippen molar-refractivity contribution >= 4 is 11.5 Å². The zero-order valence-corrected chi connectivity index (χ0v) is 12.1. The molecule has 1 unspecified atom stereocenters. The van der Waals surface area contributed by atoms with E-state index >= 15 is 0 Å². The number of ether oxygens (including phenoxy) is 2. The molecule has 1 aliphatic heterocycles. The van der Waals surface area contributed by atoms with Crippen LogP contribution in [0.15, 0.2) is 42.5 Å². The van der Waals surface area contributed by atoms with Crippen molar-refractivity contribution in [2.24, 2.45) is 0 Å². The fourth-order valence-corrected chi connectivity index (χ4v) is 2.66. The Hall–Kier alpha value is -2.49. The van der Waals surface area contributed by atoms with E-state index in [-0.39, 0.29) is 11.8 Å². The summed E-state index contributed by atoms with van der Waals surface area (Å²) >= 11 is 0. The third-order valence-corrected chi connectivity index (χ3v) is 3.76.